The number of rotatable bonds is 6. The van der Waals surface area contributed by atoms with E-state index < -0.39 is 0 Å². The average Bonchev–Trinajstić information content (AvgIpc) is 2.94. The van der Waals surface area contributed by atoms with Gasteiger partial charge >= 0.3 is 0 Å². The lowest BCUT2D eigenvalue weighted by atomic mass is 10.2. The van der Waals surface area contributed by atoms with Gasteiger partial charge in [-0.2, -0.15) is 10.4 Å². The Morgan fingerprint density at radius 3 is 2.75 bits per heavy atom. The first kappa shape index (κ1) is 13.9. The predicted octanol–water partition coefficient (Wildman–Crippen LogP) is 2.75. The van der Waals surface area contributed by atoms with Gasteiger partial charge in [-0.3, -0.25) is 4.68 Å². The molecule has 0 aliphatic heterocycles. The van der Waals surface area contributed by atoms with E-state index >= 15 is 0 Å². The fourth-order valence-electron chi connectivity index (χ4n) is 1.78. The molecule has 0 bridgehead atoms. The van der Waals surface area contributed by atoms with E-state index in [-0.39, 0.29) is 0 Å². The van der Waals surface area contributed by atoms with Gasteiger partial charge in [-0.15, -0.1) is 0 Å². The lowest BCUT2D eigenvalue weighted by Crippen LogP contribution is -1.99. The van der Waals surface area contributed by atoms with Gasteiger partial charge in [-0.1, -0.05) is 0 Å². The molecule has 0 saturated carbocycles. The molecular weight excluding hydrogens is 254 g/mol. The highest BCUT2D eigenvalue weighted by molar-refractivity contribution is 5.46. The first-order chi connectivity index (χ1) is 9.76. The highest BCUT2D eigenvalue weighted by atomic mass is 16.5. The van der Waals surface area contributed by atoms with Crippen molar-refractivity contribution < 1.29 is 9.47 Å². The molecule has 2 rings (SSSR count). The Bertz CT molecular complexity index is 614. The molecule has 2 aromatic rings. The summed E-state index contributed by atoms with van der Waals surface area (Å²) in [6.45, 7) is 5.71. The SMILES string of the molecule is CCOc1cc(C#N)ccc1OCc1cnn(CC)c1. The minimum absolute atomic E-state index is 0.423. The van der Waals surface area contributed by atoms with E-state index in [0.717, 1.165) is 12.1 Å². The molecule has 1 heterocycles. The van der Waals surface area contributed by atoms with Gasteiger partial charge in [0.1, 0.15) is 6.61 Å². The van der Waals surface area contributed by atoms with E-state index in [0.29, 0.717) is 30.3 Å². The number of aryl methyl sites for hydroxylation is 1. The van der Waals surface area contributed by atoms with Crippen molar-refractivity contribution in [3.05, 3.63) is 41.7 Å². The van der Waals surface area contributed by atoms with Crippen molar-refractivity contribution in [2.75, 3.05) is 6.61 Å². The molecule has 5 heteroatoms. The fraction of sp³-hybridized carbons (Fsp3) is 0.333. The van der Waals surface area contributed by atoms with Gasteiger partial charge in [-0.05, 0) is 26.0 Å². The minimum atomic E-state index is 0.423. The lowest BCUT2D eigenvalue weighted by Gasteiger charge is -2.11. The molecule has 1 aromatic heterocycles. The maximum absolute atomic E-state index is 8.90. The normalized spacial score (nSPS) is 10.1. The zero-order chi connectivity index (χ0) is 14.4. The van der Waals surface area contributed by atoms with Crippen LogP contribution >= 0.6 is 0 Å². The van der Waals surface area contributed by atoms with Crippen molar-refractivity contribution in [3.8, 4) is 17.6 Å². The Morgan fingerprint density at radius 1 is 1.25 bits per heavy atom. The first-order valence-corrected chi connectivity index (χ1v) is 6.57. The Labute approximate surface area is 118 Å². The number of hydrogen-bond acceptors (Lipinski definition) is 4. The number of benzene rings is 1. The van der Waals surface area contributed by atoms with Crippen LogP contribution in [0.1, 0.15) is 25.0 Å². The van der Waals surface area contributed by atoms with Crippen LogP contribution in [0.2, 0.25) is 0 Å². The predicted molar refractivity (Wildman–Crippen MR) is 74.6 cm³/mol. The highest BCUT2D eigenvalue weighted by Gasteiger charge is 2.07. The average molecular weight is 271 g/mol. The second kappa shape index (κ2) is 6.62. The van der Waals surface area contributed by atoms with Gasteiger partial charge < -0.3 is 9.47 Å². The standard InChI is InChI=1S/C15H17N3O2/c1-3-18-10-13(9-17-18)11-20-14-6-5-12(8-16)7-15(14)19-4-2/h5-7,9-10H,3-4,11H2,1-2H3. The summed E-state index contributed by atoms with van der Waals surface area (Å²) in [4.78, 5) is 0. The van der Waals surface area contributed by atoms with Gasteiger partial charge in [0.15, 0.2) is 11.5 Å². The number of aromatic nitrogens is 2. The van der Waals surface area contributed by atoms with Crippen molar-refractivity contribution in [2.45, 2.75) is 27.0 Å². The van der Waals surface area contributed by atoms with Gasteiger partial charge in [0, 0.05) is 24.4 Å². The molecule has 104 valence electrons. The van der Waals surface area contributed by atoms with Crippen LogP contribution in [0, 0.1) is 11.3 Å². The molecule has 5 nitrogen and oxygen atoms in total. The summed E-state index contributed by atoms with van der Waals surface area (Å²) in [5, 5.41) is 13.1. The maximum atomic E-state index is 8.90. The molecule has 0 fully saturated rings. The summed E-state index contributed by atoms with van der Waals surface area (Å²) in [6.07, 6.45) is 3.73. The van der Waals surface area contributed by atoms with Crippen molar-refractivity contribution in [2.24, 2.45) is 0 Å². The third-order valence-electron chi connectivity index (χ3n) is 2.78. The first-order valence-electron chi connectivity index (χ1n) is 6.57. The molecule has 0 amide bonds. The van der Waals surface area contributed by atoms with Gasteiger partial charge in [0.2, 0.25) is 0 Å². The number of hydrogen-bond donors (Lipinski definition) is 0. The molecule has 0 atom stereocenters. The lowest BCUT2D eigenvalue weighted by molar-refractivity contribution is 0.269. The van der Waals surface area contributed by atoms with E-state index in [1.54, 1.807) is 24.4 Å². The van der Waals surface area contributed by atoms with Crippen LogP contribution in [-0.4, -0.2) is 16.4 Å². The van der Waals surface area contributed by atoms with Gasteiger partial charge in [0.25, 0.3) is 0 Å². The Kier molecular flexibility index (Phi) is 4.61. The fourth-order valence-corrected chi connectivity index (χ4v) is 1.78. The summed E-state index contributed by atoms with van der Waals surface area (Å²) in [5.41, 5.74) is 1.55. The van der Waals surface area contributed by atoms with Crippen molar-refractivity contribution >= 4 is 0 Å². The zero-order valence-corrected chi connectivity index (χ0v) is 11.7. The summed E-state index contributed by atoms with van der Waals surface area (Å²) in [6, 6.07) is 7.25. The van der Waals surface area contributed by atoms with Crippen LogP contribution in [0.4, 0.5) is 0 Å². The molecule has 20 heavy (non-hydrogen) atoms. The molecule has 0 aliphatic rings. The monoisotopic (exact) mass is 271 g/mol. The second-order valence-corrected chi connectivity index (χ2v) is 4.20. The molecule has 0 spiro atoms. The van der Waals surface area contributed by atoms with E-state index in [1.165, 1.54) is 0 Å². The number of nitrogens with zero attached hydrogens (tertiary/aromatic N) is 3. The van der Waals surface area contributed by atoms with Crippen LogP contribution in [0.5, 0.6) is 11.5 Å². The molecule has 0 N–H and O–H groups in total. The Balaban J connectivity index is 2.10. The van der Waals surface area contributed by atoms with Crippen LogP contribution in [0.3, 0.4) is 0 Å². The zero-order valence-electron chi connectivity index (χ0n) is 11.7. The van der Waals surface area contributed by atoms with E-state index in [1.807, 2.05) is 24.7 Å². The van der Waals surface area contributed by atoms with Crippen molar-refractivity contribution in [1.29, 1.82) is 5.26 Å². The Hall–Kier alpha value is -2.48. The van der Waals surface area contributed by atoms with E-state index in [9.17, 15) is 0 Å². The van der Waals surface area contributed by atoms with Crippen molar-refractivity contribution in [1.82, 2.24) is 9.78 Å². The second-order valence-electron chi connectivity index (χ2n) is 4.20. The van der Waals surface area contributed by atoms with Crippen LogP contribution in [0.15, 0.2) is 30.6 Å². The van der Waals surface area contributed by atoms with E-state index in [4.69, 9.17) is 14.7 Å². The molecule has 1 aromatic carbocycles. The summed E-state index contributed by atoms with van der Waals surface area (Å²) >= 11 is 0. The number of nitriles is 1. The van der Waals surface area contributed by atoms with Gasteiger partial charge in [-0.25, -0.2) is 0 Å². The quantitative estimate of drug-likeness (QED) is 0.810. The molecule has 0 saturated heterocycles. The van der Waals surface area contributed by atoms with Crippen LogP contribution in [0.25, 0.3) is 0 Å². The van der Waals surface area contributed by atoms with Crippen molar-refractivity contribution in [3.63, 3.8) is 0 Å². The molecule has 0 radical (unpaired) electrons. The topological polar surface area (TPSA) is 60.1 Å². The third-order valence-corrected chi connectivity index (χ3v) is 2.78. The molecule has 0 unspecified atom stereocenters. The molecular formula is C15H17N3O2. The molecule has 0 aliphatic carbocycles. The smallest absolute Gasteiger partial charge is 0.162 e. The van der Waals surface area contributed by atoms with Gasteiger partial charge in [0.05, 0.1) is 24.4 Å². The van der Waals surface area contributed by atoms with E-state index in [2.05, 4.69) is 11.2 Å². The summed E-state index contributed by atoms with van der Waals surface area (Å²) in [7, 11) is 0. The largest absolute Gasteiger partial charge is 0.490 e. The maximum Gasteiger partial charge on any atom is 0.162 e. The van der Waals surface area contributed by atoms with Crippen LogP contribution in [-0.2, 0) is 13.2 Å². The highest BCUT2D eigenvalue weighted by Crippen LogP contribution is 2.29. The third kappa shape index (κ3) is 3.29. The number of ether oxygens (including phenoxy) is 2. The minimum Gasteiger partial charge on any atom is -0.490 e. The summed E-state index contributed by atoms with van der Waals surface area (Å²) < 4.78 is 13.1. The Morgan fingerprint density at radius 2 is 2.10 bits per heavy atom. The van der Waals surface area contributed by atoms with Crippen LogP contribution < -0.4 is 9.47 Å². The summed E-state index contributed by atoms with van der Waals surface area (Å²) in [5.74, 6) is 1.23.